The number of halogens is 1. The minimum atomic E-state index is -0.152. The first kappa shape index (κ1) is 16.4. The molecule has 2 nitrogen and oxygen atoms in total. The average molecular weight is 309 g/mol. The lowest BCUT2D eigenvalue weighted by Gasteiger charge is -2.15. The molecule has 2 rings (SSSR count). The van der Waals surface area contributed by atoms with Crippen molar-refractivity contribution in [1.82, 2.24) is 5.32 Å². The summed E-state index contributed by atoms with van der Waals surface area (Å²) in [5.74, 6) is 0.453. The molecule has 1 heterocycles. The van der Waals surface area contributed by atoms with Crippen LogP contribution in [0.15, 0.2) is 18.2 Å². The Hall–Kier alpha value is -0.970. The lowest BCUT2D eigenvalue weighted by Crippen LogP contribution is -2.12. The molecule has 1 N–H and O–H groups in total. The molecule has 1 atom stereocenters. The van der Waals surface area contributed by atoms with E-state index in [0.29, 0.717) is 12.5 Å². The molecule has 0 radical (unpaired) electrons. The monoisotopic (exact) mass is 309 g/mol. The number of benzene rings is 1. The maximum Gasteiger partial charge on any atom is 0.132 e. The number of fused-ring (bicyclic) bond motifs is 1. The maximum atomic E-state index is 14.2. The van der Waals surface area contributed by atoms with Gasteiger partial charge in [-0.2, -0.15) is 0 Å². The van der Waals surface area contributed by atoms with Gasteiger partial charge < -0.3 is 10.1 Å². The third-order valence-corrected chi connectivity index (χ3v) is 4.70. The van der Waals surface area contributed by atoms with E-state index in [4.69, 9.17) is 4.74 Å². The Morgan fingerprint density at radius 3 is 2.71 bits per heavy atom. The Labute approximate surface area is 130 Å². The second kappa shape index (κ2) is 7.34. The van der Waals surface area contributed by atoms with Gasteiger partial charge >= 0.3 is 0 Å². The summed E-state index contributed by atoms with van der Waals surface area (Å²) in [4.78, 5) is 1.16. The second-order valence-corrected chi connectivity index (χ2v) is 7.04. The van der Waals surface area contributed by atoms with Gasteiger partial charge in [0.1, 0.15) is 5.82 Å². The predicted octanol–water partition coefficient (Wildman–Crippen LogP) is 4.71. The number of ether oxygens (including phenoxy) is 1. The summed E-state index contributed by atoms with van der Waals surface area (Å²) in [5, 5.41) is 3.88. The van der Waals surface area contributed by atoms with Crippen molar-refractivity contribution in [2.24, 2.45) is 5.92 Å². The van der Waals surface area contributed by atoms with Gasteiger partial charge in [0, 0.05) is 27.1 Å². The van der Waals surface area contributed by atoms with E-state index in [1.807, 2.05) is 13.1 Å². The predicted molar refractivity (Wildman–Crippen MR) is 88.3 cm³/mol. The molecule has 0 saturated heterocycles. The average Bonchev–Trinajstić information content (AvgIpc) is 2.75. The van der Waals surface area contributed by atoms with E-state index in [9.17, 15) is 4.39 Å². The van der Waals surface area contributed by atoms with Gasteiger partial charge in [-0.15, -0.1) is 11.3 Å². The van der Waals surface area contributed by atoms with Crippen LogP contribution in [0.2, 0.25) is 0 Å². The number of rotatable bonds is 7. The van der Waals surface area contributed by atoms with Gasteiger partial charge in [0.05, 0.1) is 12.7 Å². The van der Waals surface area contributed by atoms with Crippen molar-refractivity contribution in [2.45, 2.75) is 46.4 Å². The van der Waals surface area contributed by atoms with Crippen LogP contribution >= 0.6 is 11.3 Å². The highest BCUT2D eigenvalue weighted by Gasteiger charge is 2.16. The zero-order valence-corrected chi connectivity index (χ0v) is 14.0. The van der Waals surface area contributed by atoms with Crippen LogP contribution in [0.4, 0.5) is 4.39 Å². The highest BCUT2D eigenvalue weighted by molar-refractivity contribution is 7.19. The Morgan fingerprint density at radius 2 is 2.05 bits per heavy atom. The number of nitrogens with one attached hydrogen (secondary N) is 1. The molecule has 2 aromatic rings. The molecule has 0 amide bonds. The van der Waals surface area contributed by atoms with E-state index in [0.717, 1.165) is 33.5 Å². The Kier molecular flexibility index (Phi) is 5.73. The summed E-state index contributed by atoms with van der Waals surface area (Å²) < 4.78 is 21.1. The zero-order chi connectivity index (χ0) is 15.4. The lowest BCUT2D eigenvalue weighted by atomic mass is 10.1. The van der Waals surface area contributed by atoms with Crippen LogP contribution in [0.25, 0.3) is 10.1 Å². The number of hydrogen-bond acceptors (Lipinski definition) is 3. The highest BCUT2D eigenvalue weighted by Crippen LogP contribution is 2.34. The van der Waals surface area contributed by atoms with Gasteiger partial charge in [0.15, 0.2) is 0 Å². The van der Waals surface area contributed by atoms with Gasteiger partial charge in [-0.25, -0.2) is 4.39 Å². The summed E-state index contributed by atoms with van der Waals surface area (Å²) >= 11 is 1.65. The third kappa shape index (κ3) is 4.02. The van der Waals surface area contributed by atoms with E-state index in [1.165, 1.54) is 6.07 Å². The van der Waals surface area contributed by atoms with Crippen molar-refractivity contribution < 1.29 is 9.13 Å². The summed E-state index contributed by atoms with van der Waals surface area (Å²) in [6, 6.07) is 5.27. The fourth-order valence-corrected chi connectivity index (χ4v) is 3.87. The molecule has 0 fully saturated rings. The van der Waals surface area contributed by atoms with Crippen molar-refractivity contribution in [2.75, 3.05) is 7.05 Å². The van der Waals surface area contributed by atoms with Gasteiger partial charge in [0.25, 0.3) is 0 Å². The Balaban J connectivity index is 2.25. The largest absolute Gasteiger partial charge is 0.374 e. The first-order valence-corrected chi connectivity index (χ1v) is 8.29. The molecule has 0 aliphatic heterocycles. The van der Waals surface area contributed by atoms with E-state index >= 15 is 0 Å². The molecule has 0 aliphatic rings. The van der Waals surface area contributed by atoms with E-state index in [2.05, 4.69) is 26.1 Å². The molecule has 0 spiro atoms. The van der Waals surface area contributed by atoms with Crippen LogP contribution in [0.1, 0.15) is 37.6 Å². The third-order valence-electron chi connectivity index (χ3n) is 3.50. The summed E-state index contributed by atoms with van der Waals surface area (Å²) in [6.07, 6.45) is 1.21. The Morgan fingerprint density at radius 1 is 1.29 bits per heavy atom. The molecule has 4 heteroatoms. The topological polar surface area (TPSA) is 21.3 Å². The van der Waals surface area contributed by atoms with Crippen molar-refractivity contribution in [3.8, 4) is 0 Å². The molecule has 1 unspecified atom stereocenters. The molecule has 0 bridgehead atoms. The molecular formula is C17H24FNOS. The van der Waals surface area contributed by atoms with Crippen molar-refractivity contribution >= 4 is 21.4 Å². The molecule has 0 saturated carbocycles. The van der Waals surface area contributed by atoms with E-state index in [-0.39, 0.29) is 11.9 Å². The van der Waals surface area contributed by atoms with Crippen molar-refractivity contribution in [3.63, 3.8) is 0 Å². The molecular weight excluding hydrogens is 285 g/mol. The van der Waals surface area contributed by atoms with E-state index < -0.39 is 0 Å². The first-order chi connectivity index (χ1) is 10.0. The number of thiophene rings is 1. The number of hydrogen-bond donors (Lipinski definition) is 1. The minimum Gasteiger partial charge on any atom is -0.374 e. The second-order valence-electron chi connectivity index (χ2n) is 5.90. The van der Waals surface area contributed by atoms with Crippen molar-refractivity contribution in [1.29, 1.82) is 0 Å². The van der Waals surface area contributed by atoms with Crippen molar-refractivity contribution in [3.05, 3.63) is 34.5 Å². The van der Waals surface area contributed by atoms with Gasteiger partial charge in [0.2, 0.25) is 0 Å². The first-order valence-electron chi connectivity index (χ1n) is 7.47. The standard InChI is InChI=1S/C17H24FNOS/c1-11(2)8-12(3)20-10-13-16(9-19-4)21-15-7-5-6-14(18)17(13)15/h5-7,11-12,19H,8-10H2,1-4H3. The molecule has 21 heavy (non-hydrogen) atoms. The van der Waals surface area contributed by atoms with Gasteiger partial charge in [-0.05, 0) is 38.4 Å². The molecule has 1 aromatic heterocycles. The summed E-state index contributed by atoms with van der Waals surface area (Å²) in [7, 11) is 1.91. The zero-order valence-electron chi connectivity index (χ0n) is 13.2. The molecule has 0 aliphatic carbocycles. The molecule has 116 valence electrons. The highest BCUT2D eigenvalue weighted by atomic mass is 32.1. The van der Waals surface area contributed by atoms with Crippen LogP contribution in [0, 0.1) is 11.7 Å². The fraction of sp³-hybridized carbons (Fsp3) is 0.529. The summed E-state index contributed by atoms with van der Waals surface area (Å²) in [5.41, 5.74) is 0.998. The quantitative estimate of drug-likeness (QED) is 0.799. The fourth-order valence-electron chi connectivity index (χ4n) is 2.63. The normalized spacial score (nSPS) is 13.2. The smallest absolute Gasteiger partial charge is 0.132 e. The van der Waals surface area contributed by atoms with Crippen LogP contribution in [0.5, 0.6) is 0 Å². The lowest BCUT2D eigenvalue weighted by molar-refractivity contribution is 0.0400. The van der Waals surface area contributed by atoms with Crippen LogP contribution < -0.4 is 5.32 Å². The van der Waals surface area contributed by atoms with Gasteiger partial charge in [-0.3, -0.25) is 0 Å². The van der Waals surface area contributed by atoms with Crippen LogP contribution in [-0.4, -0.2) is 13.2 Å². The maximum absolute atomic E-state index is 14.2. The molecule has 1 aromatic carbocycles. The van der Waals surface area contributed by atoms with E-state index in [1.54, 1.807) is 17.4 Å². The van der Waals surface area contributed by atoms with Crippen LogP contribution in [-0.2, 0) is 17.9 Å². The van der Waals surface area contributed by atoms with Crippen LogP contribution in [0.3, 0.4) is 0 Å². The summed E-state index contributed by atoms with van der Waals surface area (Å²) in [6.45, 7) is 7.68. The SMILES string of the molecule is CNCc1sc2cccc(F)c2c1COC(C)CC(C)C. The minimum absolute atomic E-state index is 0.152. The Bertz CT molecular complexity index is 594. The van der Waals surface area contributed by atoms with Gasteiger partial charge in [-0.1, -0.05) is 19.9 Å².